The summed E-state index contributed by atoms with van der Waals surface area (Å²) in [6, 6.07) is 4.71. The van der Waals surface area contributed by atoms with Gasteiger partial charge in [0.05, 0.1) is 10.8 Å². The van der Waals surface area contributed by atoms with Crippen LogP contribution in [0.15, 0.2) is 29.2 Å². The fourth-order valence-corrected chi connectivity index (χ4v) is 5.24. The molecular formula is C18H23FN4O3S2. The van der Waals surface area contributed by atoms with Gasteiger partial charge in [-0.3, -0.25) is 4.79 Å². The van der Waals surface area contributed by atoms with Crippen molar-refractivity contribution in [3.05, 3.63) is 35.1 Å². The number of hydrogen-bond donors (Lipinski definition) is 1. The average molecular weight is 427 g/mol. The molecule has 0 spiro atoms. The van der Waals surface area contributed by atoms with Crippen molar-refractivity contribution in [3.63, 3.8) is 0 Å². The fourth-order valence-electron chi connectivity index (χ4n) is 2.91. The monoisotopic (exact) mass is 426 g/mol. The van der Waals surface area contributed by atoms with Gasteiger partial charge in [-0.2, -0.15) is 4.31 Å². The molecule has 1 aliphatic heterocycles. The molecule has 10 heteroatoms. The van der Waals surface area contributed by atoms with Gasteiger partial charge in [0.1, 0.15) is 10.8 Å². The Morgan fingerprint density at radius 2 is 1.93 bits per heavy atom. The Kier molecular flexibility index (Phi) is 5.83. The molecule has 1 saturated heterocycles. The minimum Gasteiger partial charge on any atom is -0.300 e. The lowest BCUT2D eigenvalue weighted by Gasteiger charge is -2.31. The Hall–Kier alpha value is -1.91. The Morgan fingerprint density at radius 1 is 1.25 bits per heavy atom. The van der Waals surface area contributed by atoms with Crippen molar-refractivity contribution in [2.45, 2.75) is 43.9 Å². The first-order valence-electron chi connectivity index (χ1n) is 8.98. The molecule has 1 aliphatic rings. The van der Waals surface area contributed by atoms with Gasteiger partial charge in [0.15, 0.2) is 0 Å². The van der Waals surface area contributed by atoms with Gasteiger partial charge in [-0.15, -0.1) is 10.2 Å². The van der Waals surface area contributed by atoms with Crippen LogP contribution in [0, 0.1) is 11.7 Å². The Morgan fingerprint density at radius 3 is 2.54 bits per heavy atom. The zero-order chi connectivity index (χ0) is 20.5. The maximum atomic E-state index is 13.1. The molecular weight excluding hydrogens is 403 g/mol. The lowest BCUT2D eigenvalue weighted by atomic mass is 9.98. The summed E-state index contributed by atoms with van der Waals surface area (Å²) < 4.78 is 40.0. The van der Waals surface area contributed by atoms with Crippen molar-refractivity contribution >= 4 is 32.4 Å². The van der Waals surface area contributed by atoms with Crippen molar-refractivity contribution in [3.8, 4) is 0 Å². The number of hydrogen-bond acceptors (Lipinski definition) is 6. The summed E-state index contributed by atoms with van der Waals surface area (Å²) in [5.74, 6) is -1.25. The molecule has 1 fully saturated rings. The van der Waals surface area contributed by atoms with Crippen LogP contribution in [0.3, 0.4) is 0 Å². The number of piperidine rings is 1. The summed E-state index contributed by atoms with van der Waals surface area (Å²) in [7, 11) is -3.77. The van der Waals surface area contributed by atoms with Gasteiger partial charge in [-0.05, 0) is 37.1 Å². The molecule has 0 saturated carbocycles. The highest BCUT2D eigenvalue weighted by Crippen LogP contribution is 2.29. The maximum absolute atomic E-state index is 13.1. The van der Waals surface area contributed by atoms with Gasteiger partial charge in [0.25, 0.3) is 0 Å². The number of nitrogens with zero attached hydrogens (tertiary/aromatic N) is 3. The number of benzene rings is 1. The summed E-state index contributed by atoms with van der Waals surface area (Å²) in [5.41, 5.74) is -0.161. The van der Waals surface area contributed by atoms with Gasteiger partial charge >= 0.3 is 0 Å². The summed E-state index contributed by atoms with van der Waals surface area (Å²) in [6.45, 7) is 6.45. The van der Waals surface area contributed by atoms with Crippen LogP contribution >= 0.6 is 11.3 Å². The standard InChI is InChI=1S/C18H23FN4O3S2/c1-18(2,3)16-21-22-17(27-16)20-15(24)12-5-4-10-23(11-12)28(25,26)14-8-6-13(19)7-9-14/h6-9,12H,4-5,10-11H2,1-3H3,(H,20,22,24). The number of carbonyl (C=O) groups excluding carboxylic acids is 1. The highest BCUT2D eigenvalue weighted by atomic mass is 32.2. The van der Waals surface area contributed by atoms with E-state index in [2.05, 4.69) is 15.5 Å². The van der Waals surface area contributed by atoms with Crippen molar-refractivity contribution < 1.29 is 17.6 Å². The van der Waals surface area contributed by atoms with Crippen LogP contribution in [0.1, 0.15) is 38.6 Å². The number of carbonyl (C=O) groups is 1. The van der Waals surface area contributed by atoms with Crippen LogP contribution in [0.25, 0.3) is 0 Å². The number of anilines is 1. The molecule has 2 aromatic rings. The highest BCUT2D eigenvalue weighted by molar-refractivity contribution is 7.89. The first kappa shape index (κ1) is 20.8. The minimum absolute atomic E-state index is 0.0221. The number of halogens is 1. The lowest BCUT2D eigenvalue weighted by Crippen LogP contribution is -2.43. The van der Waals surface area contributed by atoms with Gasteiger partial charge < -0.3 is 5.32 Å². The summed E-state index contributed by atoms with van der Waals surface area (Å²) in [6.07, 6.45) is 1.16. The van der Waals surface area contributed by atoms with E-state index in [-0.39, 0.29) is 22.8 Å². The van der Waals surface area contributed by atoms with Crippen LogP contribution in [0.4, 0.5) is 9.52 Å². The smallest absolute Gasteiger partial charge is 0.243 e. The molecule has 0 aliphatic carbocycles. The number of rotatable bonds is 4. The Balaban J connectivity index is 1.69. The van der Waals surface area contributed by atoms with E-state index in [9.17, 15) is 17.6 Å². The van der Waals surface area contributed by atoms with Crippen molar-refractivity contribution in [2.24, 2.45) is 5.92 Å². The van der Waals surface area contributed by atoms with Crippen LogP contribution in [0.2, 0.25) is 0 Å². The molecule has 7 nitrogen and oxygen atoms in total. The largest absolute Gasteiger partial charge is 0.300 e. The molecule has 0 radical (unpaired) electrons. The molecule has 1 N–H and O–H groups in total. The quantitative estimate of drug-likeness (QED) is 0.811. The van der Waals surface area contributed by atoms with Crippen molar-refractivity contribution in [1.29, 1.82) is 0 Å². The van der Waals surface area contributed by atoms with E-state index in [0.717, 1.165) is 17.1 Å². The van der Waals surface area contributed by atoms with Gasteiger partial charge in [-0.25, -0.2) is 12.8 Å². The van der Waals surface area contributed by atoms with Gasteiger partial charge in [0, 0.05) is 18.5 Å². The summed E-state index contributed by atoms with van der Waals surface area (Å²) >= 11 is 1.32. The van der Waals surface area contributed by atoms with E-state index in [1.54, 1.807) is 0 Å². The third-order valence-electron chi connectivity index (χ3n) is 4.50. The van der Waals surface area contributed by atoms with Crippen LogP contribution in [0.5, 0.6) is 0 Å². The van der Waals surface area contributed by atoms with Crippen LogP contribution < -0.4 is 5.32 Å². The second-order valence-corrected chi connectivity index (χ2v) is 10.7. The number of aromatic nitrogens is 2. The Labute approximate surface area is 168 Å². The topological polar surface area (TPSA) is 92.3 Å². The predicted molar refractivity (Wildman–Crippen MR) is 105 cm³/mol. The van der Waals surface area contributed by atoms with Crippen molar-refractivity contribution in [2.75, 3.05) is 18.4 Å². The molecule has 152 valence electrons. The average Bonchev–Trinajstić information content (AvgIpc) is 3.11. The lowest BCUT2D eigenvalue weighted by molar-refractivity contribution is -0.120. The van der Waals surface area contributed by atoms with E-state index < -0.39 is 21.8 Å². The third-order valence-corrected chi connectivity index (χ3v) is 7.65. The van der Waals surface area contributed by atoms with E-state index >= 15 is 0 Å². The number of sulfonamides is 1. The van der Waals surface area contributed by atoms with E-state index in [0.29, 0.717) is 24.5 Å². The normalized spacial score (nSPS) is 18.8. The predicted octanol–water partition coefficient (Wildman–Crippen LogP) is 3.01. The van der Waals surface area contributed by atoms with Gasteiger partial charge in [-0.1, -0.05) is 32.1 Å². The first-order chi connectivity index (χ1) is 13.1. The number of amides is 1. The third kappa shape index (κ3) is 4.56. The number of nitrogens with one attached hydrogen (secondary N) is 1. The molecule has 1 amide bonds. The molecule has 1 unspecified atom stereocenters. The van der Waals surface area contributed by atoms with Crippen molar-refractivity contribution in [1.82, 2.24) is 14.5 Å². The molecule has 1 atom stereocenters. The molecule has 3 rings (SSSR count). The zero-order valence-corrected chi connectivity index (χ0v) is 17.6. The van der Waals surface area contributed by atoms with E-state index in [1.807, 2.05) is 20.8 Å². The summed E-state index contributed by atoms with van der Waals surface area (Å²) in [4.78, 5) is 12.7. The van der Waals surface area contributed by atoms with Crippen LogP contribution in [-0.4, -0.2) is 41.9 Å². The molecule has 0 bridgehead atoms. The molecule has 2 heterocycles. The maximum Gasteiger partial charge on any atom is 0.243 e. The van der Waals surface area contributed by atoms with Gasteiger partial charge in [0.2, 0.25) is 21.1 Å². The highest BCUT2D eigenvalue weighted by Gasteiger charge is 2.33. The SMILES string of the molecule is CC(C)(C)c1nnc(NC(=O)C2CCCN(S(=O)(=O)c3ccc(F)cc3)C2)s1. The molecule has 28 heavy (non-hydrogen) atoms. The zero-order valence-electron chi connectivity index (χ0n) is 16.0. The molecule has 1 aromatic carbocycles. The van der Waals surface area contributed by atoms with Crippen LogP contribution in [-0.2, 0) is 20.2 Å². The minimum atomic E-state index is -3.77. The van der Waals surface area contributed by atoms with E-state index in [1.165, 1.54) is 27.8 Å². The summed E-state index contributed by atoms with van der Waals surface area (Å²) in [5, 5.41) is 12.1. The molecule has 1 aromatic heterocycles. The fraction of sp³-hybridized carbons (Fsp3) is 0.500. The first-order valence-corrected chi connectivity index (χ1v) is 11.2. The second kappa shape index (κ2) is 7.84. The second-order valence-electron chi connectivity index (χ2n) is 7.81. The Bertz CT molecular complexity index is 952. The van der Waals surface area contributed by atoms with E-state index in [4.69, 9.17) is 0 Å².